The van der Waals surface area contributed by atoms with Gasteiger partial charge in [-0.2, -0.15) is 13.2 Å². The van der Waals surface area contributed by atoms with E-state index in [0.717, 1.165) is 4.90 Å². The number of nitrogens with zero attached hydrogens (tertiary/aromatic N) is 1. The number of carbonyl (C=O) groups is 1. The molecule has 0 bridgehead atoms. The van der Waals surface area contributed by atoms with Crippen molar-refractivity contribution in [1.82, 2.24) is 4.90 Å². The molecular weight excluding hydrogens is 187 g/mol. The van der Waals surface area contributed by atoms with E-state index in [-0.39, 0.29) is 25.3 Å². The third-order valence-corrected chi connectivity index (χ3v) is 2.30. The minimum atomic E-state index is -4.75. The van der Waals surface area contributed by atoms with Gasteiger partial charge in [-0.25, -0.2) is 0 Å². The number of carbonyl (C=O) groups excluding carboxylic acids is 1. The molecule has 13 heavy (non-hydrogen) atoms. The van der Waals surface area contributed by atoms with Gasteiger partial charge in [0.2, 0.25) is 0 Å². The van der Waals surface area contributed by atoms with Crippen LogP contribution >= 0.6 is 0 Å². The third kappa shape index (κ3) is 1.63. The molecule has 3 nitrogen and oxygen atoms in total. The number of halogens is 3. The summed E-state index contributed by atoms with van der Waals surface area (Å²) in [5.41, 5.74) is 0. The summed E-state index contributed by atoms with van der Waals surface area (Å²) in [7, 11) is 0. The van der Waals surface area contributed by atoms with Gasteiger partial charge in [0.1, 0.15) is 6.10 Å². The lowest BCUT2D eigenvalue weighted by Crippen LogP contribution is -2.46. The van der Waals surface area contributed by atoms with Crippen molar-refractivity contribution in [3.8, 4) is 0 Å². The first-order chi connectivity index (χ1) is 5.98. The Labute approximate surface area is 72.4 Å². The Balaban J connectivity index is 1.97. The van der Waals surface area contributed by atoms with Crippen LogP contribution < -0.4 is 0 Å². The molecule has 0 N–H and O–H groups in total. The molecule has 0 spiro atoms. The van der Waals surface area contributed by atoms with Crippen LogP contribution in [0.15, 0.2) is 0 Å². The van der Waals surface area contributed by atoms with Gasteiger partial charge in [-0.05, 0) is 6.42 Å². The second-order valence-electron chi connectivity index (χ2n) is 3.25. The number of hydrogen-bond donors (Lipinski definition) is 0. The largest absolute Gasteiger partial charge is 0.471 e. The summed E-state index contributed by atoms with van der Waals surface area (Å²) >= 11 is 0. The number of likely N-dealkylation sites (tertiary alicyclic amines) is 1. The summed E-state index contributed by atoms with van der Waals surface area (Å²) in [6.45, 7) is 0.239. The van der Waals surface area contributed by atoms with Crippen LogP contribution in [0.4, 0.5) is 13.2 Å². The van der Waals surface area contributed by atoms with Crippen molar-refractivity contribution in [2.75, 3.05) is 13.1 Å². The van der Waals surface area contributed by atoms with Gasteiger partial charge in [0, 0.05) is 13.1 Å². The summed E-state index contributed by atoms with van der Waals surface area (Å²) in [6.07, 6.45) is -4.29. The van der Waals surface area contributed by atoms with Gasteiger partial charge in [0.05, 0.1) is 6.10 Å². The topological polar surface area (TPSA) is 32.8 Å². The number of amides is 1. The van der Waals surface area contributed by atoms with E-state index >= 15 is 0 Å². The fraction of sp³-hybridized carbons (Fsp3) is 0.857. The van der Waals surface area contributed by atoms with Crippen molar-refractivity contribution in [1.29, 1.82) is 0 Å². The average Bonchev–Trinajstić information content (AvgIpc) is 2.78. The third-order valence-electron chi connectivity index (χ3n) is 2.30. The molecule has 0 aromatic heterocycles. The Morgan fingerprint density at radius 1 is 1.38 bits per heavy atom. The van der Waals surface area contributed by atoms with Gasteiger partial charge in [0.15, 0.2) is 0 Å². The predicted octanol–water partition coefficient (Wildman–Crippen LogP) is 0.548. The molecule has 1 amide bonds. The van der Waals surface area contributed by atoms with Crippen LogP contribution in [0, 0.1) is 0 Å². The van der Waals surface area contributed by atoms with E-state index in [2.05, 4.69) is 0 Å². The number of epoxide rings is 1. The smallest absolute Gasteiger partial charge is 0.368 e. The Morgan fingerprint density at radius 3 is 2.62 bits per heavy atom. The van der Waals surface area contributed by atoms with Crippen molar-refractivity contribution in [2.24, 2.45) is 0 Å². The van der Waals surface area contributed by atoms with Crippen molar-refractivity contribution in [3.63, 3.8) is 0 Å². The van der Waals surface area contributed by atoms with Gasteiger partial charge in [-0.3, -0.25) is 4.79 Å². The highest BCUT2D eigenvalue weighted by Crippen LogP contribution is 2.32. The lowest BCUT2D eigenvalue weighted by molar-refractivity contribution is -0.186. The zero-order valence-electron chi connectivity index (χ0n) is 6.67. The lowest BCUT2D eigenvalue weighted by Gasteiger charge is -2.24. The number of fused-ring (bicyclic) bond motifs is 1. The summed E-state index contributed by atoms with van der Waals surface area (Å²) < 4.78 is 40.8. The minimum Gasteiger partial charge on any atom is -0.368 e. The summed E-state index contributed by atoms with van der Waals surface area (Å²) in [5, 5.41) is 0. The molecule has 2 fully saturated rings. The molecule has 0 aliphatic carbocycles. The SMILES string of the molecule is O=C(N1CC[C@H]2O[C@H]2C1)C(F)(F)F. The molecule has 0 radical (unpaired) electrons. The molecule has 0 aromatic carbocycles. The van der Waals surface area contributed by atoms with Gasteiger partial charge >= 0.3 is 12.1 Å². The molecule has 6 heteroatoms. The van der Waals surface area contributed by atoms with Crippen molar-refractivity contribution < 1.29 is 22.7 Å². The molecule has 0 aromatic rings. The summed E-state index contributed by atoms with van der Waals surface area (Å²) in [4.78, 5) is 11.5. The Kier molecular flexibility index (Phi) is 1.76. The van der Waals surface area contributed by atoms with Gasteiger partial charge < -0.3 is 9.64 Å². The lowest BCUT2D eigenvalue weighted by atomic mass is 10.1. The van der Waals surface area contributed by atoms with Gasteiger partial charge in [0.25, 0.3) is 0 Å². The van der Waals surface area contributed by atoms with E-state index in [0.29, 0.717) is 6.42 Å². The molecule has 2 aliphatic heterocycles. The first-order valence-electron chi connectivity index (χ1n) is 4.00. The standard InChI is InChI=1S/C7H8F3NO2/c8-7(9,10)6(12)11-2-1-4-5(3-11)13-4/h4-5H,1-3H2/t4-,5+/m1/s1. The van der Waals surface area contributed by atoms with Crippen LogP contribution in [0.3, 0.4) is 0 Å². The average molecular weight is 195 g/mol. The highest BCUT2D eigenvalue weighted by atomic mass is 19.4. The van der Waals surface area contributed by atoms with Crippen LogP contribution in [-0.4, -0.2) is 42.3 Å². The van der Waals surface area contributed by atoms with Gasteiger partial charge in [-0.1, -0.05) is 0 Å². The van der Waals surface area contributed by atoms with Gasteiger partial charge in [-0.15, -0.1) is 0 Å². The molecule has 74 valence electrons. The molecular formula is C7H8F3NO2. The molecule has 0 saturated carbocycles. The maximum absolute atomic E-state index is 11.9. The van der Waals surface area contributed by atoms with Crippen LogP contribution in [0.5, 0.6) is 0 Å². The zero-order valence-corrected chi connectivity index (χ0v) is 6.67. The quantitative estimate of drug-likeness (QED) is 0.529. The minimum absolute atomic E-state index is 0.0863. The zero-order chi connectivity index (χ0) is 9.64. The van der Waals surface area contributed by atoms with Crippen LogP contribution in [0.1, 0.15) is 6.42 Å². The fourth-order valence-electron chi connectivity index (χ4n) is 1.55. The molecule has 2 saturated heterocycles. The number of rotatable bonds is 0. The fourth-order valence-corrected chi connectivity index (χ4v) is 1.55. The van der Waals surface area contributed by atoms with E-state index in [9.17, 15) is 18.0 Å². The first kappa shape index (κ1) is 8.80. The number of ether oxygens (including phenoxy) is 1. The monoisotopic (exact) mass is 195 g/mol. The van der Waals surface area contributed by atoms with E-state index in [1.165, 1.54) is 0 Å². The predicted molar refractivity (Wildman–Crippen MR) is 35.9 cm³/mol. The summed E-state index contributed by atoms with van der Waals surface area (Å²) in [6, 6.07) is 0. The van der Waals surface area contributed by atoms with Crippen LogP contribution in [0.25, 0.3) is 0 Å². The first-order valence-corrected chi connectivity index (χ1v) is 4.00. The van der Waals surface area contributed by atoms with E-state index in [4.69, 9.17) is 4.74 Å². The number of hydrogen-bond acceptors (Lipinski definition) is 2. The molecule has 0 unspecified atom stereocenters. The van der Waals surface area contributed by atoms with E-state index in [1.807, 2.05) is 0 Å². The normalized spacial score (nSPS) is 32.7. The number of piperidine rings is 1. The second kappa shape index (κ2) is 2.60. The Hall–Kier alpha value is -0.780. The van der Waals surface area contributed by atoms with Crippen LogP contribution in [-0.2, 0) is 9.53 Å². The van der Waals surface area contributed by atoms with Crippen LogP contribution in [0.2, 0.25) is 0 Å². The summed E-state index contributed by atoms with van der Waals surface area (Å²) in [5.74, 6) is -1.75. The second-order valence-corrected chi connectivity index (χ2v) is 3.25. The molecule has 2 rings (SSSR count). The molecule has 2 heterocycles. The maximum atomic E-state index is 11.9. The maximum Gasteiger partial charge on any atom is 0.471 e. The Morgan fingerprint density at radius 2 is 2.08 bits per heavy atom. The van der Waals surface area contributed by atoms with E-state index in [1.54, 1.807) is 0 Å². The van der Waals surface area contributed by atoms with Crippen molar-refractivity contribution >= 4 is 5.91 Å². The number of alkyl halides is 3. The highest BCUT2D eigenvalue weighted by molar-refractivity contribution is 5.82. The van der Waals surface area contributed by atoms with Crippen molar-refractivity contribution in [3.05, 3.63) is 0 Å². The van der Waals surface area contributed by atoms with E-state index < -0.39 is 12.1 Å². The molecule has 2 atom stereocenters. The highest BCUT2D eigenvalue weighted by Gasteiger charge is 2.50. The Bertz CT molecular complexity index is 240. The van der Waals surface area contributed by atoms with Crippen molar-refractivity contribution in [2.45, 2.75) is 24.8 Å². The molecule has 2 aliphatic rings.